The largest absolute Gasteiger partial charge is 0.388 e. The van der Waals surface area contributed by atoms with E-state index in [0.29, 0.717) is 6.42 Å². The third-order valence-electron chi connectivity index (χ3n) is 2.75. The molecule has 1 aromatic rings. The molecule has 1 atom stereocenters. The number of rotatable bonds is 5. The molecule has 1 aromatic carbocycles. The lowest BCUT2D eigenvalue weighted by Gasteiger charge is -2.21. The molecule has 0 radical (unpaired) electrons. The summed E-state index contributed by atoms with van der Waals surface area (Å²) in [5.41, 5.74) is -1.72. The van der Waals surface area contributed by atoms with Crippen molar-refractivity contribution < 1.29 is 19.2 Å². The number of nitrogens with zero attached hydrogens (tertiary/aromatic N) is 1. The fourth-order valence-electron chi connectivity index (χ4n) is 1.31. The minimum atomic E-state index is -1.07. The molecule has 6 nitrogen and oxygen atoms in total. The van der Waals surface area contributed by atoms with Crippen molar-refractivity contribution in [3.8, 4) is 0 Å². The molecular weight excluding hydrogens is 255 g/mol. The number of aliphatic hydroxyl groups is 1. The summed E-state index contributed by atoms with van der Waals surface area (Å²) in [6.45, 7) is 3.27. The van der Waals surface area contributed by atoms with Gasteiger partial charge in [-0.25, -0.2) is 4.39 Å². The fourth-order valence-corrected chi connectivity index (χ4v) is 1.31. The number of halogens is 1. The zero-order valence-electron chi connectivity index (χ0n) is 10.6. The molecule has 7 heteroatoms. The van der Waals surface area contributed by atoms with Crippen LogP contribution in [0.4, 0.5) is 10.1 Å². The van der Waals surface area contributed by atoms with Gasteiger partial charge in [-0.05, 0) is 19.4 Å². The van der Waals surface area contributed by atoms with Crippen LogP contribution in [0.15, 0.2) is 18.2 Å². The Hall–Kier alpha value is -2.02. The van der Waals surface area contributed by atoms with Gasteiger partial charge in [0.15, 0.2) is 0 Å². The number of nitro benzene ring substituents is 1. The van der Waals surface area contributed by atoms with Crippen molar-refractivity contribution in [1.82, 2.24) is 5.32 Å². The summed E-state index contributed by atoms with van der Waals surface area (Å²) in [5, 5.41) is 22.7. The molecule has 0 aromatic heterocycles. The van der Waals surface area contributed by atoms with E-state index in [2.05, 4.69) is 5.32 Å². The van der Waals surface area contributed by atoms with Crippen LogP contribution in [0, 0.1) is 15.9 Å². The number of nitrogens with one attached hydrogen (secondary N) is 1. The molecule has 0 aliphatic carbocycles. The molecule has 2 N–H and O–H groups in total. The second-order valence-electron chi connectivity index (χ2n) is 4.49. The zero-order valence-corrected chi connectivity index (χ0v) is 10.6. The molecule has 1 amide bonds. The van der Waals surface area contributed by atoms with E-state index in [1.54, 1.807) is 13.8 Å². The van der Waals surface area contributed by atoms with Gasteiger partial charge in [0.25, 0.3) is 11.6 Å². The van der Waals surface area contributed by atoms with Crippen LogP contribution in [0.25, 0.3) is 0 Å². The van der Waals surface area contributed by atoms with Gasteiger partial charge in [-0.3, -0.25) is 14.9 Å². The predicted molar refractivity (Wildman–Crippen MR) is 66.3 cm³/mol. The van der Waals surface area contributed by atoms with Gasteiger partial charge in [0.2, 0.25) is 0 Å². The zero-order chi connectivity index (χ0) is 14.6. The summed E-state index contributed by atoms with van der Waals surface area (Å²) >= 11 is 0. The molecular formula is C12H15FN2O4. The molecule has 0 bridgehead atoms. The first kappa shape index (κ1) is 15.0. The van der Waals surface area contributed by atoms with Crippen LogP contribution in [0.2, 0.25) is 0 Å². The van der Waals surface area contributed by atoms with Gasteiger partial charge in [0, 0.05) is 18.2 Å². The second-order valence-corrected chi connectivity index (χ2v) is 4.49. The Labute approximate surface area is 109 Å². The molecule has 0 fully saturated rings. The molecule has 1 unspecified atom stereocenters. The highest BCUT2D eigenvalue weighted by molar-refractivity contribution is 5.94. The van der Waals surface area contributed by atoms with Crippen LogP contribution in [0.1, 0.15) is 30.6 Å². The third-order valence-corrected chi connectivity index (χ3v) is 2.75. The molecule has 19 heavy (non-hydrogen) atoms. The van der Waals surface area contributed by atoms with Crippen molar-refractivity contribution in [3.05, 3.63) is 39.7 Å². The molecule has 0 heterocycles. The number of nitro groups is 1. The van der Waals surface area contributed by atoms with E-state index in [1.807, 2.05) is 0 Å². The minimum Gasteiger partial charge on any atom is -0.388 e. The second kappa shape index (κ2) is 5.75. The monoisotopic (exact) mass is 270 g/mol. The molecule has 0 saturated heterocycles. The lowest BCUT2D eigenvalue weighted by molar-refractivity contribution is -0.385. The molecule has 0 spiro atoms. The normalized spacial score (nSPS) is 13.7. The number of hydrogen-bond donors (Lipinski definition) is 2. The first-order valence-corrected chi connectivity index (χ1v) is 5.71. The summed E-state index contributed by atoms with van der Waals surface area (Å²) in [7, 11) is 0. The van der Waals surface area contributed by atoms with Gasteiger partial charge in [0.1, 0.15) is 5.82 Å². The molecule has 1 rings (SSSR count). The fraction of sp³-hybridized carbons (Fsp3) is 0.417. The molecule has 104 valence electrons. The van der Waals surface area contributed by atoms with E-state index >= 15 is 0 Å². The van der Waals surface area contributed by atoms with Crippen LogP contribution in [0.5, 0.6) is 0 Å². The first-order chi connectivity index (χ1) is 8.75. The highest BCUT2D eigenvalue weighted by atomic mass is 19.1. The Morgan fingerprint density at radius 1 is 1.53 bits per heavy atom. The summed E-state index contributed by atoms with van der Waals surface area (Å²) < 4.78 is 13.2. The Kier molecular flexibility index (Phi) is 4.55. The van der Waals surface area contributed by atoms with Crippen molar-refractivity contribution >= 4 is 11.6 Å². The predicted octanol–water partition coefficient (Wildman–Crippen LogP) is 1.62. The number of benzene rings is 1. The number of non-ortho nitro benzene ring substituents is 1. The maximum Gasteiger partial charge on any atom is 0.273 e. The van der Waals surface area contributed by atoms with Crippen LogP contribution in [0.3, 0.4) is 0 Å². The minimum absolute atomic E-state index is 0.0212. The first-order valence-electron chi connectivity index (χ1n) is 5.71. The summed E-state index contributed by atoms with van der Waals surface area (Å²) in [6, 6.07) is 2.63. The topological polar surface area (TPSA) is 92.5 Å². The van der Waals surface area contributed by atoms with Crippen LogP contribution in [-0.2, 0) is 0 Å². The smallest absolute Gasteiger partial charge is 0.273 e. The Balaban J connectivity index is 2.85. The molecule has 0 aliphatic rings. The van der Waals surface area contributed by atoms with Crippen LogP contribution >= 0.6 is 0 Å². The van der Waals surface area contributed by atoms with Gasteiger partial charge < -0.3 is 10.4 Å². The van der Waals surface area contributed by atoms with E-state index in [4.69, 9.17) is 0 Å². The molecule has 0 aliphatic heterocycles. The average molecular weight is 270 g/mol. The summed E-state index contributed by atoms with van der Waals surface area (Å²) in [6.07, 6.45) is 0.427. The van der Waals surface area contributed by atoms with Crippen LogP contribution in [-0.4, -0.2) is 28.1 Å². The maximum absolute atomic E-state index is 13.2. The highest BCUT2D eigenvalue weighted by Gasteiger charge is 2.20. The van der Waals surface area contributed by atoms with Gasteiger partial charge in [0.05, 0.1) is 16.6 Å². The highest BCUT2D eigenvalue weighted by Crippen LogP contribution is 2.16. The average Bonchev–Trinajstić information content (AvgIpc) is 2.35. The van der Waals surface area contributed by atoms with Crippen molar-refractivity contribution in [2.75, 3.05) is 6.54 Å². The Morgan fingerprint density at radius 3 is 2.68 bits per heavy atom. The van der Waals surface area contributed by atoms with Gasteiger partial charge in [-0.1, -0.05) is 6.92 Å². The van der Waals surface area contributed by atoms with Crippen LogP contribution < -0.4 is 5.32 Å². The quantitative estimate of drug-likeness (QED) is 0.628. The third kappa shape index (κ3) is 4.29. The Bertz CT molecular complexity index is 503. The van der Waals surface area contributed by atoms with E-state index in [9.17, 15) is 24.4 Å². The number of amides is 1. The van der Waals surface area contributed by atoms with Crippen molar-refractivity contribution in [1.29, 1.82) is 0 Å². The van der Waals surface area contributed by atoms with E-state index in [-0.39, 0.29) is 12.1 Å². The van der Waals surface area contributed by atoms with E-state index < -0.39 is 27.9 Å². The van der Waals surface area contributed by atoms with E-state index in [1.165, 1.54) is 0 Å². The van der Waals surface area contributed by atoms with E-state index in [0.717, 1.165) is 18.2 Å². The van der Waals surface area contributed by atoms with Crippen molar-refractivity contribution in [2.45, 2.75) is 25.9 Å². The van der Waals surface area contributed by atoms with Gasteiger partial charge >= 0.3 is 0 Å². The Morgan fingerprint density at radius 2 is 2.16 bits per heavy atom. The van der Waals surface area contributed by atoms with Crippen molar-refractivity contribution in [3.63, 3.8) is 0 Å². The number of hydrogen-bond acceptors (Lipinski definition) is 4. The maximum atomic E-state index is 13.2. The lowest BCUT2D eigenvalue weighted by atomic mass is 10.0. The summed E-state index contributed by atoms with van der Waals surface area (Å²) in [4.78, 5) is 21.5. The SMILES string of the molecule is CCC(C)(O)CNC(=O)c1cc(F)cc([N+](=O)[O-])c1. The van der Waals surface area contributed by atoms with Crippen molar-refractivity contribution in [2.24, 2.45) is 0 Å². The lowest BCUT2D eigenvalue weighted by Crippen LogP contribution is -2.40. The standard InChI is InChI=1S/C12H15FN2O4/c1-3-12(2,17)7-14-11(16)8-4-9(13)6-10(5-8)15(18)19/h4-6,17H,3,7H2,1-2H3,(H,14,16). The van der Waals surface area contributed by atoms with Gasteiger partial charge in [-0.2, -0.15) is 0 Å². The molecule has 0 saturated carbocycles. The van der Waals surface area contributed by atoms with Gasteiger partial charge in [-0.15, -0.1) is 0 Å². The number of carbonyl (C=O) groups is 1. The number of carbonyl (C=O) groups excluding carboxylic acids is 1. The summed E-state index contributed by atoms with van der Waals surface area (Å²) in [5.74, 6) is -1.53.